The minimum atomic E-state index is -0.0989. The zero-order valence-corrected chi connectivity index (χ0v) is 14.9. The number of aliphatic hydroxyl groups is 1. The summed E-state index contributed by atoms with van der Waals surface area (Å²) in [6.45, 7) is 4.63. The summed E-state index contributed by atoms with van der Waals surface area (Å²) in [5, 5.41) is 20.4. The average molecular weight is 316 g/mol. The van der Waals surface area contributed by atoms with Crippen molar-refractivity contribution in [3.8, 4) is 6.07 Å². The second-order valence-corrected chi connectivity index (χ2v) is 9.55. The third kappa shape index (κ3) is 2.30. The van der Waals surface area contributed by atoms with Crippen molar-refractivity contribution in [2.75, 3.05) is 0 Å². The molecule has 0 aromatic heterocycles. The summed E-state index contributed by atoms with van der Waals surface area (Å²) in [6, 6.07) is 2.64. The molecule has 0 amide bonds. The van der Waals surface area contributed by atoms with Crippen LogP contribution in [0.15, 0.2) is 0 Å². The van der Waals surface area contributed by atoms with Crippen molar-refractivity contribution in [3.63, 3.8) is 0 Å². The number of fused-ring (bicyclic) bond motifs is 5. The van der Waals surface area contributed by atoms with Crippen molar-refractivity contribution in [3.05, 3.63) is 0 Å². The number of rotatable bonds is 0. The van der Waals surface area contributed by atoms with Gasteiger partial charge in [0.05, 0.1) is 12.2 Å². The molecule has 128 valence electrons. The number of hydrogen-bond acceptors (Lipinski definition) is 2. The topological polar surface area (TPSA) is 44.0 Å². The van der Waals surface area contributed by atoms with Crippen LogP contribution < -0.4 is 0 Å². The van der Waals surface area contributed by atoms with E-state index in [-0.39, 0.29) is 11.5 Å². The van der Waals surface area contributed by atoms with Gasteiger partial charge < -0.3 is 5.11 Å². The highest BCUT2D eigenvalue weighted by Crippen LogP contribution is 2.62. The van der Waals surface area contributed by atoms with Gasteiger partial charge in [-0.05, 0) is 92.3 Å². The molecule has 0 spiro atoms. The summed E-state index contributed by atoms with van der Waals surface area (Å²) in [4.78, 5) is 0. The summed E-state index contributed by atoms with van der Waals surface area (Å²) < 4.78 is 0. The van der Waals surface area contributed by atoms with E-state index >= 15 is 0 Å². The van der Waals surface area contributed by atoms with Crippen molar-refractivity contribution >= 4 is 0 Å². The maximum Gasteiger partial charge on any atom is 0.0658 e. The van der Waals surface area contributed by atoms with Crippen LogP contribution in [-0.4, -0.2) is 11.2 Å². The highest BCUT2D eigenvalue weighted by molar-refractivity contribution is 5.07. The maximum atomic E-state index is 10.9. The van der Waals surface area contributed by atoms with E-state index < -0.39 is 0 Å². The fraction of sp³-hybridized carbons (Fsp3) is 0.952. The van der Waals surface area contributed by atoms with Gasteiger partial charge in [0.1, 0.15) is 0 Å². The van der Waals surface area contributed by atoms with Crippen molar-refractivity contribution in [2.45, 2.75) is 77.7 Å². The van der Waals surface area contributed by atoms with E-state index in [0.717, 1.165) is 30.1 Å². The number of hydrogen-bond donors (Lipinski definition) is 1. The quantitative estimate of drug-likeness (QED) is 0.699. The zero-order chi connectivity index (χ0) is 16.2. The van der Waals surface area contributed by atoms with Crippen LogP contribution in [0.2, 0.25) is 0 Å². The fourth-order valence-electron chi connectivity index (χ4n) is 7.56. The standard InChI is InChI=1S/C21H33NO/c1-13-6-9-19-18-8-7-15-14(12-22)4-3-5-16(15)17(18)10-11-21(19,2)20(13)23/h13-20,23H,3-11H2,1-2H3/t13-,14?,15?,16?,17?,18?,19?,20+,21+/m1/s1. The molecule has 23 heavy (non-hydrogen) atoms. The Morgan fingerprint density at radius 2 is 1.65 bits per heavy atom. The van der Waals surface area contributed by atoms with E-state index in [1.165, 1.54) is 51.4 Å². The van der Waals surface area contributed by atoms with E-state index in [0.29, 0.717) is 17.8 Å². The molecule has 1 N–H and O–H groups in total. The summed E-state index contributed by atoms with van der Waals surface area (Å²) in [7, 11) is 0. The van der Waals surface area contributed by atoms with Crippen LogP contribution in [0.4, 0.5) is 0 Å². The van der Waals surface area contributed by atoms with E-state index in [9.17, 15) is 10.4 Å². The predicted molar refractivity (Wildman–Crippen MR) is 91.4 cm³/mol. The molecule has 0 heterocycles. The molecule has 4 fully saturated rings. The molecule has 0 aromatic carbocycles. The van der Waals surface area contributed by atoms with Gasteiger partial charge in [-0.25, -0.2) is 0 Å². The van der Waals surface area contributed by atoms with Crippen LogP contribution in [0.1, 0.15) is 71.6 Å². The molecule has 0 bridgehead atoms. The van der Waals surface area contributed by atoms with Gasteiger partial charge in [0.15, 0.2) is 0 Å². The highest BCUT2D eigenvalue weighted by atomic mass is 16.3. The normalized spacial score (nSPS) is 55.9. The fourth-order valence-corrected chi connectivity index (χ4v) is 7.56. The van der Waals surface area contributed by atoms with Crippen LogP contribution in [0.25, 0.3) is 0 Å². The van der Waals surface area contributed by atoms with Gasteiger partial charge in [-0.1, -0.05) is 20.3 Å². The Kier molecular flexibility index (Phi) is 4.00. The van der Waals surface area contributed by atoms with Gasteiger partial charge in [-0.3, -0.25) is 0 Å². The number of nitriles is 1. The Bertz CT molecular complexity index is 497. The lowest BCUT2D eigenvalue weighted by Gasteiger charge is -2.60. The monoisotopic (exact) mass is 315 g/mol. The third-order valence-electron chi connectivity index (χ3n) is 8.75. The molecule has 6 unspecified atom stereocenters. The SMILES string of the molecule is C[C@@H]1CCC2C3CCC4C(C#N)CCCC4C3CC[C@]2(C)[C@H]1O. The molecule has 4 rings (SSSR count). The molecule has 2 nitrogen and oxygen atoms in total. The average Bonchev–Trinajstić information content (AvgIpc) is 2.57. The van der Waals surface area contributed by atoms with Crippen LogP contribution in [0, 0.1) is 58.2 Å². The van der Waals surface area contributed by atoms with Gasteiger partial charge >= 0.3 is 0 Å². The first kappa shape index (κ1) is 15.9. The van der Waals surface area contributed by atoms with Crippen LogP contribution in [0.3, 0.4) is 0 Å². The Morgan fingerprint density at radius 1 is 0.913 bits per heavy atom. The van der Waals surface area contributed by atoms with Crippen LogP contribution >= 0.6 is 0 Å². The molecule has 4 saturated carbocycles. The molecule has 4 aliphatic rings. The lowest BCUT2D eigenvalue weighted by molar-refractivity contribution is -0.154. The minimum Gasteiger partial charge on any atom is -0.392 e. The molecule has 0 aliphatic heterocycles. The largest absolute Gasteiger partial charge is 0.392 e. The van der Waals surface area contributed by atoms with Crippen LogP contribution in [-0.2, 0) is 0 Å². The van der Waals surface area contributed by atoms with Crippen molar-refractivity contribution in [2.24, 2.45) is 46.8 Å². The number of nitrogens with zero attached hydrogens (tertiary/aromatic N) is 1. The summed E-state index contributed by atoms with van der Waals surface area (Å²) in [6.07, 6.45) is 11.3. The molecule has 0 saturated heterocycles. The predicted octanol–water partition coefficient (Wildman–Crippen LogP) is 4.78. The molecule has 2 heteroatoms. The lowest BCUT2D eigenvalue weighted by atomic mass is 9.45. The van der Waals surface area contributed by atoms with E-state index in [2.05, 4.69) is 19.9 Å². The maximum absolute atomic E-state index is 10.9. The van der Waals surface area contributed by atoms with E-state index in [1.807, 2.05) is 0 Å². The van der Waals surface area contributed by atoms with E-state index in [4.69, 9.17) is 0 Å². The van der Waals surface area contributed by atoms with Crippen molar-refractivity contribution in [1.29, 1.82) is 5.26 Å². The number of aliphatic hydroxyl groups excluding tert-OH is 1. The lowest BCUT2D eigenvalue weighted by Crippen LogP contribution is -2.56. The first-order chi connectivity index (χ1) is 11.1. The van der Waals surface area contributed by atoms with Gasteiger partial charge in [-0.2, -0.15) is 5.26 Å². The Hall–Kier alpha value is -0.550. The molecule has 0 aromatic rings. The van der Waals surface area contributed by atoms with Gasteiger partial charge in [0, 0.05) is 5.92 Å². The molecule has 4 aliphatic carbocycles. The molecular weight excluding hydrogens is 282 g/mol. The third-order valence-corrected chi connectivity index (χ3v) is 8.75. The Morgan fingerprint density at radius 3 is 2.43 bits per heavy atom. The van der Waals surface area contributed by atoms with Crippen molar-refractivity contribution < 1.29 is 5.11 Å². The smallest absolute Gasteiger partial charge is 0.0658 e. The summed E-state index contributed by atoms with van der Waals surface area (Å²) in [5.41, 5.74) is 0.162. The van der Waals surface area contributed by atoms with Crippen LogP contribution in [0.5, 0.6) is 0 Å². The molecular formula is C21H33NO. The van der Waals surface area contributed by atoms with Gasteiger partial charge in [0.25, 0.3) is 0 Å². The van der Waals surface area contributed by atoms with Gasteiger partial charge in [0.2, 0.25) is 0 Å². The molecule has 0 radical (unpaired) electrons. The first-order valence-corrected chi connectivity index (χ1v) is 10.1. The summed E-state index contributed by atoms with van der Waals surface area (Å²) in [5.74, 6) is 4.72. The Balaban J connectivity index is 1.59. The Labute approximate surface area is 141 Å². The van der Waals surface area contributed by atoms with E-state index in [1.54, 1.807) is 0 Å². The minimum absolute atomic E-state index is 0.0989. The van der Waals surface area contributed by atoms with Gasteiger partial charge in [-0.15, -0.1) is 0 Å². The zero-order valence-electron chi connectivity index (χ0n) is 14.9. The second-order valence-electron chi connectivity index (χ2n) is 9.55. The summed E-state index contributed by atoms with van der Waals surface area (Å²) >= 11 is 0. The highest BCUT2D eigenvalue weighted by Gasteiger charge is 2.56. The second kappa shape index (κ2) is 5.76. The molecule has 9 atom stereocenters. The van der Waals surface area contributed by atoms with Crippen molar-refractivity contribution in [1.82, 2.24) is 0 Å². The first-order valence-electron chi connectivity index (χ1n) is 10.1.